The second-order valence-corrected chi connectivity index (χ2v) is 5.51. The van der Waals surface area contributed by atoms with E-state index in [1.54, 1.807) is 4.68 Å². The first-order valence-electron chi connectivity index (χ1n) is 6.93. The number of aromatic nitrogens is 4. The van der Waals surface area contributed by atoms with E-state index in [1.807, 2.05) is 34.7 Å². The van der Waals surface area contributed by atoms with Gasteiger partial charge in [0.2, 0.25) is 0 Å². The van der Waals surface area contributed by atoms with Crippen LogP contribution in [0.25, 0.3) is 0 Å². The molecule has 114 valence electrons. The Morgan fingerprint density at radius 3 is 2.57 bits per heavy atom. The molecular weight excluding hydrogens is 268 g/mol. The summed E-state index contributed by atoms with van der Waals surface area (Å²) in [6.07, 6.45) is 0. The van der Waals surface area contributed by atoms with E-state index in [0.717, 1.165) is 22.6 Å². The minimum Gasteiger partial charge on any atom is -0.395 e. The number of H-pyrrole nitrogens is 1. The molecule has 0 aliphatic carbocycles. The number of carbonyl (C=O) groups excluding carboxylic acids is 1. The zero-order valence-corrected chi connectivity index (χ0v) is 13.1. The van der Waals surface area contributed by atoms with E-state index < -0.39 is 0 Å². The lowest BCUT2D eigenvalue weighted by atomic mass is 10.1. The summed E-state index contributed by atoms with van der Waals surface area (Å²) >= 11 is 0. The average Bonchev–Trinajstić information content (AvgIpc) is 2.89. The quantitative estimate of drug-likeness (QED) is 0.792. The van der Waals surface area contributed by atoms with Crippen LogP contribution in [0.5, 0.6) is 0 Å². The Morgan fingerprint density at radius 2 is 2.10 bits per heavy atom. The minimum atomic E-state index is -0.279. The highest BCUT2D eigenvalue weighted by molar-refractivity contribution is 5.97. The predicted octanol–water partition coefficient (Wildman–Crippen LogP) is 1.40. The fourth-order valence-corrected chi connectivity index (χ4v) is 2.30. The molecule has 0 unspecified atom stereocenters. The molecule has 7 nitrogen and oxygen atoms in total. The van der Waals surface area contributed by atoms with Crippen LogP contribution in [0.4, 0.5) is 5.69 Å². The van der Waals surface area contributed by atoms with Crippen molar-refractivity contribution in [1.82, 2.24) is 25.3 Å². The number of rotatable bonds is 4. The summed E-state index contributed by atoms with van der Waals surface area (Å²) in [5.41, 5.74) is 10.4. The molecule has 4 N–H and O–H groups in total. The van der Waals surface area contributed by atoms with E-state index in [1.165, 1.54) is 0 Å². The summed E-state index contributed by atoms with van der Waals surface area (Å²) in [5.74, 6) is -0.0832. The van der Waals surface area contributed by atoms with Gasteiger partial charge in [0.25, 0.3) is 5.91 Å². The molecule has 2 aromatic rings. The summed E-state index contributed by atoms with van der Waals surface area (Å²) in [4.78, 5) is 12.2. The first-order chi connectivity index (χ1) is 9.82. The van der Waals surface area contributed by atoms with Crippen molar-refractivity contribution < 1.29 is 4.79 Å². The Bertz CT molecular complexity index is 667. The van der Waals surface area contributed by atoms with Crippen LogP contribution in [0.1, 0.15) is 52.9 Å². The Balaban J connectivity index is 2.12. The maximum atomic E-state index is 12.2. The highest BCUT2D eigenvalue weighted by Gasteiger charge is 2.19. The van der Waals surface area contributed by atoms with Gasteiger partial charge in [0, 0.05) is 24.8 Å². The van der Waals surface area contributed by atoms with Gasteiger partial charge in [-0.15, -0.1) is 0 Å². The van der Waals surface area contributed by atoms with Crippen LogP contribution in [-0.4, -0.2) is 25.9 Å². The largest absolute Gasteiger partial charge is 0.395 e. The summed E-state index contributed by atoms with van der Waals surface area (Å²) in [6, 6.07) is 0. The molecule has 0 radical (unpaired) electrons. The van der Waals surface area contributed by atoms with E-state index in [9.17, 15) is 4.79 Å². The Hall–Kier alpha value is -2.31. The van der Waals surface area contributed by atoms with Crippen molar-refractivity contribution in [3.63, 3.8) is 0 Å². The number of nitrogens with zero attached hydrogens (tertiary/aromatic N) is 3. The lowest BCUT2D eigenvalue weighted by molar-refractivity contribution is 0.0946. The van der Waals surface area contributed by atoms with Gasteiger partial charge in [-0.3, -0.25) is 14.6 Å². The normalized spacial score (nSPS) is 11.1. The van der Waals surface area contributed by atoms with Gasteiger partial charge in [0.15, 0.2) is 5.69 Å². The van der Waals surface area contributed by atoms with E-state index in [2.05, 4.69) is 20.6 Å². The number of hydrogen-bond acceptors (Lipinski definition) is 4. The standard InChI is InChI=1S/C14H22N6O/c1-7(2)12-11(15)13(18-17-12)14(21)16-6-10-8(3)19-20(5)9(10)4/h7H,6,15H2,1-5H3,(H,16,21)(H,17,18). The number of anilines is 1. The molecule has 0 saturated heterocycles. The number of amides is 1. The third kappa shape index (κ3) is 2.76. The molecule has 0 saturated carbocycles. The summed E-state index contributed by atoms with van der Waals surface area (Å²) < 4.78 is 1.80. The molecule has 0 aromatic carbocycles. The third-order valence-electron chi connectivity index (χ3n) is 3.71. The molecule has 7 heteroatoms. The van der Waals surface area contributed by atoms with Crippen molar-refractivity contribution in [2.24, 2.45) is 7.05 Å². The molecule has 0 aliphatic rings. The Morgan fingerprint density at radius 1 is 1.43 bits per heavy atom. The first-order valence-corrected chi connectivity index (χ1v) is 6.93. The number of aromatic amines is 1. The molecule has 0 bridgehead atoms. The molecule has 0 spiro atoms. The number of aryl methyl sites for hydroxylation is 2. The second kappa shape index (κ2) is 5.59. The van der Waals surface area contributed by atoms with Gasteiger partial charge in [0.1, 0.15) is 0 Å². The molecule has 2 aromatic heterocycles. The topological polar surface area (TPSA) is 102 Å². The Labute approximate surface area is 123 Å². The van der Waals surface area contributed by atoms with Crippen LogP contribution in [0.15, 0.2) is 0 Å². The zero-order valence-electron chi connectivity index (χ0n) is 13.1. The molecule has 1 amide bonds. The monoisotopic (exact) mass is 290 g/mol. The van der Waals surface area contributed by atoms with Crippen molar-refractivity contribution in [3.8, 4) is 0 Å². The maximum Gasteiger partial charge on any atom is 0.274 e. The van der Waals surface area contributed by atoms with Crippen LogP contribution < -0.4 is 11.1 Å². The van der Waals surface area contributed by atoms with Crippen molar-refractivity contribution in [1.29, 1.82) is 0 Å². The van der Waals surface area contributed by atoms with Crippen molar-refractivity contribution >= 4 is 11.6 Å². The van der Waals surface area contributed by atoms with Crippen molar-refractivity contribution in [3.05, 3.63) is 28.3 Å². The summed E-state index contributed by atoms with van der Waals surface area (Å²) in [5, 5.41) is 14.0. The van der Waals surface area contributed by atoms with Crippen molar-refractivity contribution in [2.45, 2.75) is 40.2 Å². The molecule has 0 fully saturated rings. The molecule has 0 atom stereocenters. The van der Waals surface area contributed by atoms with E-state index >= 15 is 0 Å². The van der Waals surface area contributed by atoms with Crippen LogP contribution in [0.3, 0.4) is 0 Å². The minimum absolute atomic E-state index is 0.196. The van der Waals surface area contributed by atoms with Gasteiger partial charge in [-0.25, -0.2) is 0 Å². The number of carbonyl (C=O) groups is 1. The maximum absolute atomic E-state index is 12.2. The Kier molecular flexibility index (Phi) is 4.02. The highest BCUT2D eigenvalue weighted by atomic mass is 16.1. The fraction of sp³-hybridized carbons (Fsp3) is 0.500. The lowest BCUT2D eigenvalue weighted by Crippen LogP contribution is -2.24. The van der Waals surface area contributed by atoms with Gasteiger partial charge in [-0.2, -0.15) is 10.2 Å². The van der Waals surface area contributed by atoms with Crippen LogP contribution in [-0.2, 0) is 13.6 Å². The van der Waals surface area contributed by atoms with Crippen LogP contribution in [0.2, 0.25) is 0 Å². The van der Waals surface area contributed by atoms with Crippen molar-refractivity contribution in [2.75, 3.05) is 5.73 Å². The number of hydrogen-bond donors (Lipinski definition) is 3. The van der Waals surface area contributed by atoms with E-state index in [0.29, 0.717) is 12.2 Å². The third-order valence-corrected chi connectivity index (χ3v) is 3.71. The van der Waals surface area contributed by atoms with E-state index in [-0.39, 0.29) is 17.5 Å². The number of nitrogens with two attached hydrogens (primary N) is 1. The summed E-state index contributed by atoms with van der Waals surface area (Å²) in [7, 11) is 1.88. The lowest BCUT2D eigenvalue weighted by Gasteiger charge is -2.06. The number of nitrogens with one attached hydrogen (secondary N) is 2. The smallest absolute Gasteiger partial charge is 0.274 e. The second-order valence-electron chi connectivity index (χ2n) is 5.51. The first kappa shape index (κ1) is 15.1. The van der Waals surface area contributed by atoms with Gasteiger partial charge in [0.05, 0.1) is 17.1 Å². The van der Waals surface area contributed by atoms with Gasteiger partial charge in [-0.05, 0) is 19.8 Å². The van der Waals surface area contributed by atoms with Crippen LogP contribution >= 0.6 is 0 Å². The molecular formula is C14H22N6O. The average molecular weight is 290 g/mol. The van der Waals surface area contributed by atoms with Crippen LogP contribution in [0, 0.1) is 13.8 Å². The summed E-state index contributed by atoms with van der Waals surface area (Å²) in [6.45, 7) is 8.30. The highest BCUT2D eigenvalue weighted by Crippen LogP contribution is 2.22. The molecule has 0 aliphatic heterocycles. The molecule has 2 rings (SSSR count). The predicted molar refractivity (Wildman–Crippen MR) is 80.9 cm³/mol. The molecule has 21 heavy (non-hydrogen) atoms. The van der Waals surface area contributed by atoms with Gasteiger partial charge >= 0.3 is 0 Å². The molecule has 2 heterocycles. The van der Waals surface area contributed by atoms with E-state index in [4.69, 9.17) is 5.73 Å². The van der Waals surface area contributed by atoms with Gasteiger partial charge in [-0.1, -0.05) is 13.8 Å². The SMILES string of the molecule is Cc1nn(C)c(C)c1CNC(=O)c1n[nH]c(C(C)C)c1N. The van der Waals surface area contributed by atoms with Gasteiger partial charge < -0.3 is 11.1 Å². The zero-order chi connectivity index (χ0) is 15.7. The number of nitrogen functional groups attached to an aromatic ring is 1. The fourth-order valence-electron chi connectivity index (χ4n) is 2.30.